The van der Waals surface area contributed by atoms with Gasteiger partial charge in [-0.15, -0.1) is 11.3 Å². The molecule has 1 aromatic rings. The van der Waals surface area contributed by atoms with E-state index in [1.807, 2.05) is 5.38 Å². The number of hydrogen-bond acceptors (Lipinski definition) is 5. The number of carbonyl (C=O) groups excluding carboxylic acids is 1. The van der Waals surface area contributed by atoms with Gasteiger partial charge in [-0.1, -0.05) is 13.8 Å². The van der Waals surface area contributed by atoms with Crippen LogP contribution in [0.15, 0.2) is 5.38 Å². The van der Waals surface area contributed by atoms with Crippen LogP contribution in [0.5, 0.6) is 0 Å². The monoisotopic (exact) mass is 256 g/mol. The minimum atomic E-state index is -0.325. The van der Waals surface area contributed by atoms with Gasteiger partial charge >= 0.3 is 5.97 Å². The molecule has 5 heteroatoms. The minimum absolute atomic E-state index is 0.204. The lowest BCUT2D eigenvalue weighted by molar-refractivity contribution is -0.140. The molecule has 0 unspecified atom stereocenters. The summed E-state index contributed by atoms with van der Waals surface area (Å²) >= 11 is 1.58. The molecular formula is C12H20N2O2S. The van der Waals surface area contributed by atoms with E-state index in [0.717, 1.165) is 23.5 Å². The number of aryl methyl sites for hydroxylation is 1. The average Bonchev–Trinajstić information content (AvgIpc) is 2.84. The summed E-state index contributed by atoms with van der Waals surface area (Å²) in [4.78, 5) is 15.5. The zero-order valence-corrected chi connectivity index (χ0v) is 11.5. The Hall–Kier alpha value is -0.940. The van der Waals surface area contributed by atoms with E-state index in [4.69, 9.17) is 5.73 Å². The van der Waals surface area contributed by atoms with Crippen LogP contribution in [-0.4, -0.2) is 18.1 Å². The topological polar surface area (TPSA) is 65.2 Å². The van der Waals surface area contributed by atoms with Gasteiger partial charge in [-0.3, -0.25) is 4.79 Å². The average molecular weight is 256 g/mol. The number of methoxy groups -OCH3 is 1. The van der Waals surface area contributed by atoms with E-state index in [2.05, 4.69) is 23.6 Å². The maximum Gasteiger partial charge on any atom is 0.305 e. The molecule has 0 saturated heterocycles. The van der Waals surface area contributed by atoms with Crippen molar-refractivity contribution in [2.75, 3.05) is 7.11 Å². The van der Waals surface area contributed by atoms with Gasteiger partial charge in [0.25, 0.3) is 0 Å². The van der Waals surface area contributed by atoms with Crippen LogP contribution < -0.4 is 5.73 Å². The first-order valence-electron chi connectivity index (χ1n) is 5.86. The molecule has 0 aliphatic rings. The Kier molecular flexibility index (Phi) is 5.08. The fourth-order valence-electron chi connectivity index (χ4n) is 1.54. The van der Waals surface area contributed by atoms with Crippen LogP contribution in [0.3, 0.4) is 0 Å². The highest BCUT2D eigenvalue weighted by Gasteiger charge is 2.26. The molecule has 0 atom stereocenters. The van der Waals surface area contributed by atoms with Gasteiger partial charge in [-0.05, 0) is 12.8 Å². The van der Waals surface area contributed by atoms with Crippen LogP contribution in [0.25, 0.3) is 0 Å². The molecule has 0 aliphatic carbocycles. The zero-order chi connectivity index (χ0) is 12.9. The second kappa shape index (κ2) is 6.12. The van der Waals surface area contributed by atoms with Gasteiger partial charge in [-0.2, -0.15) is 0 Å². The van der Waals surface area contributed by atoms with Gasteiger partial charge in [0.2, 0.25) is 0 Å². The lowest BCUT2D eigenvalue weighted by Gasteiger charge is -2.23. The quantitative estimate of drug-likeness (QED) is 0.793. The van der Waals surface area contributed by atoms with E-state index in [0.29, 0.717) is 12.8 Å². The molecule has 2 N–H and O–H groups in total. The molecule has 1 aromatic heterocycles. The SMILES string of the molecule is CCC(N)(CC)c1nc(CCC(=O)OC)cs1. The first kappa shape index (κ1) is 14.1. The van der Waals surface area contributed by atoms with Crippen LogP contribution in [0.2, 0.25) is 0 Å². The lowest BCUT2D eigenvalue weighted by atomic mass is 9.95. The summed E-state index contributed by atoms with van der Waals surface area (Å²) in [7, 11) is 1.40. The van der Waals surface area contributed by atoms with Crippen LogP contribution in [0, 0.1) is 0 Å². The molecule has 0 spiro atoms. The Morgan fingerprint density at radius 2 is 2.18 bits per heavy atom. The summed E-state index contributed by atoms with van der Waals surface area (Å²) in [5.41, 5.74) is 6.87. The van der Waals surface area contributed by atoms with Crippen molar-refractivity contribution in [3.63, 3.8) is 0 Å². The van der Waals surface area contributed by atoms with E-state index in [9.17, 15) is 4.79 Å². The Labute approximate surface area is 106 Å². The smallest absolute Gasteiger partial charge is 0.305 e. The van der Waals surface area contributed by atoms with Crippen LogP contribution in [0.1, 0.15) is 43.8 Å². The molecule has 96 valence electrons. The van der Waals surface area contributed by atoms with Crippen LogP contribution in [-0.2, 0) is 21.5 Å². The molecule has 4 nitrogen and oxygen atoms in total. The molecule has 1 rings (SSSR count). The maximum absolute atomic E-state index is 11.0. The van der Waals surface area contributed by atoms with Gasteiger partial charge in [0.1, 0.15) is 5.01 Å². The summed E-state index contributed by atoms with van der Waals surface area (Å²) in [5.74, 6) is -0.204. The Morgan fingerprint density at radius 3 is 2.71 bits per heavy atom. The third-order valence-corrected chi connectivity index (χ3v) is 4.16. The molecule has 0 amide bonds. The third-order valence-electron chi connectivity index (χ3n) is 3.05. The van der Waals surface area contributed by atoms with Crippen LogP contribution in [0.4, 0.5) is 0 Å². The highest BCUT2D eigenvalue weighted by molar-refractivity contribution is 7.09. The highest BCUT2D eigenvalue weighted by atomic mass is 32.1. The number of esters is 1. The molecule has 0 fully saturated rings. The largest absolute Gasteiger partial charge is 0.469 e. The number of hydrogen-bond donors (Lipinski definition) is 1. The summed E-state index contributed by atoms with van der Waals surface area (Å²) in [6.45, 7) is 4.14. The lowest BCUT2D eigenvalue weighted by Crippen LogP contribution is -2.34. The summed E-state index contributed by atoms with van der Waals surface area (Å²) in [5, 5.41) is 2.94. The van der Waals surface area contributed by atoms with Crippen molar-refractivity contribution in [3.8, 4) is 0 Å². The number of ether oxygens (including phenoxy) is 1. The summed E-state index contributed by atoms with van der Waals surface area (Å²) < 4.78 is 4.60. The van der Waals surface area contributed by atoms with Gasteiger partial charge < -0.3 is 10.5 Å². The van der Waals surface area contributed by atoms with Gasteiger partial charge in [-0.25, -0.2) is 4.98 Å². The summed E-state index contributed by atoms with van der Waals surface area (Å²) in [6, 6.07) is 0. The van der Waals surface area contributed by atoms with Crippen molar-refractivity contribution < 1.29 is 9.53 Å². The Balaban J connectivity index is 2.68. The fraction of sp³-hybridized carbons (Fsp3) is 0.667. The number of aromatic nitrogens is 1. The predicted molar refractivity (Wildman–Crippen MR) is 68.9 cm³/mol. The molecule has 0 radical (unpaired) electrons. The maximum atomic E-state index is 11.0. The Bertz CT molecular complexity index is 372. The van der Waals surface area contributed by atoms with Crippen molar-refractivity contribution in [2.24, 2.45) is 5.73 Å². The van der Waals surface area contributed by atoms with Crippen molar-refractivity contribution >= 4 is 17.3 Å². The van der Waals surface area contributed by atoms with Gasteiger partial charge in [0.05, 0.1) is 24.8 Å². The predicted octanol–water partition coefficient (Wildman–Crippen LogP) is 2.22. The number of thiazole rings is 1. The zero-order valence-electron chi connectivity index (χ0n) is 10.7. The Morgan fingerprint density at radius 1 is 1.53 bits per heavy atom. The van der Waals surface area contributed by atoms with Gasteiger partial charge in [0.15, 0.2) is 0 Å². The van der Waals surface area contributed by atoms with E-state index in [1.54, 1.807) is 11.3 Å². The second-order valence-corrected chi connectivity index (χ2v) is 4.94. The van der Waals surface area contributed by atoms with Gasteiger partial charge in [0, 0.05) is 11.8 Å². The molecule has 0 bridgehead atoms. The van der Waals surface area contributed by atoms with Crippen LogP contribution >= 0.6 is 11.3 Å². The standard InChI is InChI=1S/C12H20N2O2S/c1-4-12(13,5-2)11-14-9(8-17-11)6-7-10(15)16-3/h8H,4-7,13H2,1-3H3. The van der Waals surface area contributed by atoms with E-state index in [-0.39, 0.29) is 11.5 Å². The normalized spacial score (nSPS) is 11.5. The molecule has 0 aromatic carbocycles. The van der Waals surface area contributed by atoms with E-state index in [1.165, 1.54) is 7.11 Å². The molecule has 17 heavy (non-hydrogen) atoms. The molecule has 0 saturated carbocycles. The minimum Gasteiger partial charge on any atom is -0.469 e. The summed E-state index contributed by atoms with van der Waals surface area (Å²) in [6.07, 6.45) is 2.73. The highest BCUT2D eigenvalue weighted by Crippen LogP contribution is 2.28. The first-order chi connectivity index (χ1) is 8.05. The van der Waals surface area contributed by atoms with Crippen molar-refractivity contribution in [2.45, 2.75) is 45.1 Å². The number of nitrogens with zero attached hydrogens (tertiary/aromatic N) is 1. The van der Waals surface area contributed by atoms with Crippen molar-refractivity contribution in [3.05, 3.63) is 16.1 Å². The molecule has 1 heterocycles. The number of rotatable bonds is 6. The fourth-order valence-corrected chi connectivity index (χ4v) is 2.65. The number of carbonyl (C=O) groups is 1. The first-order valence-corrected chi connectivity index (χ1v) is 6.74. The van der Waals surface area contributed by atoms with Crippen molar-refractivity contribution in [1.82, 2.24) is 4.98 Å². The van der Waals surface area contributed by atoms with E-state index >= 15 is 0 Å². The third kappa shape index (κ3) is 3.51. The molecule has 0 aliphatic heterocycles. The second-order valence-electron chi connectivity index (χ2n) is 4.08. The number of nitrogens with two attached hydrogens (primary N) is 1. The van der Waals surface area contributed by atoms with Crippen molar-refractivity contribution in [1.29, 1.82) is 0 Å². The van der Waals surface area contributed by atoms with E-state index < -0.39 is 0 Å². The molecular weight excluding hydrogens is 236 g/mol.